The van der Waals surface area contributed by atoms with Crippen LogP contribution in [-0.2, 0) is 20.7 Å². The van der Waals surface area contributed by atoms with Crippen LogP contribution in [0.2, 0.25) is 5.02 Å². The molecule has 0 atom stereocenters. The Bertz CT molecular complexity index is 867. The summed E-state index contributed by atoms with van der Waals surface area (Å²) in [6.45, 7) is 3.61. The summed E-state index contributed by atoms with van der Waals surface area (Å²) in [5, 5.41) is 9.15. The lowest BCUT2D eigenvalue weighted by Crippen LogP contribution is -2.27. The van der Waals surface area contributed by atoms with Crippen LogP contribution < -0.4 is 4.74 Å². The first-order valence-electron chi connectivity index (χ1n) is 9.81. The van der Waals surface area contributed by atoms with Crippen molar-refractivity contribution < 1.29 is 19.0 Å². The van der Waals surface area contributed by atoms with Gasteiger partial charge in [0.15, 0.2) is 6.29 Å². The fraction of sp³-hybridized carbons (Fsp3) is 0.391. The van der Waals surface area contributed by atoms with E-state index in [2.05, 4.69) is 6.92 Å². The van der Waals surface area contributed by atoms with Gasteiger partial charge in [0.1, 0.15) is 11.8 Å². The first-order chi connectivity index (χ1) is 14.1. The van der Waals surface area contributed by atoms with E-state index in [1.165, 1.54) is 25.0 Å². The fourth-order valence-electron chi connectivity index (χ4n) is 3.17. The zero-order chi connectivity index (χ0) is 20.6. The predicted octanol–water partition coefficient (Wildman–Crippen LogP) is 5.21. The van der Waals surface area contributed by atoms with Crippen LogP contribution in [0.5, 0.6) is 5.75 Å². The smallest absolute Gasteiger partial charge is 0.315 e. The van der Waals surface area contributed by atoms with Crippen LogP contribution in [0.4, 0.5) is 0 Å². The van der Waals surface area contributed by atoms with Crippen molar-refractivity contribution in [3.63, 3.8) is 0 Å². The molecular formula is C23H24ClNO4. The van der Waals surface area contributed by atoms with Gasteiger partial charge < -0.3 is 14.2 Å². The van der Waals surface area contributed by atoms with Gasteiger partial charge in [-0.05, 0) is 24.1 Å². The molecule has 0 radical (unpaired) electrons. The van der Waals surface area contributed by atoms with Gasteiger partial charge in [-0.3, -0.25) is 4.79 Å². The molecule has 1 fully saturated rings. The summed E-state index contributed by atoms with van der Waals surface area (Å²) in [6.07, 6.45) is 3.29. The quantitative estimate of drug-likeness (QED) is 0.460. The Morgan fingerprint density at radius 2 is 1.93 bits per heavy atom. The van der Waals surface area contributed by atoms with Crippen molar-refractivity contribution in [3.8, 4) is 11.8 Å². The van der Waals surface area contributed by atoms with Gasteiger partial charge in [-0.1, -0.05) is 55.6 Å². The number of carbonyl (C=O) groups is 1. The van der Waals surface area contributed by atoms with E-state index in [0.717, 1.165) is 17.5 Å². The molecule has 1 heterocycles. The summed E-state index contributed by atoms with van der Waals surface area (Å²) >= 11 is 5.96. The maximum absolute atomic E-state index is 12.2. The number of unbranched alkanes of at least 4 members (excludes halogenated alkanes) is 1. The Hall–Kier alpha value is -2.39. The van der Waals surface area contributed by atoms with Crippen molar-refractivity contribution in [3.05, 3.63) is 64.2 Å². The number of benzene rings is 2. The van der Waals surface area contributed by atoms with Crippen molar-refractivity contribution in [1.82, 2.24) is 0 Å². The van der Waals surface area contributed by atoms with E-state index in [4.69, 9.17) is 31.1 Å². The summed E-state index contributed by atoms with van der Waals surface area (Å²) in [5.41, 5.74) is 2.11. The molecule has 5 nitrogen and oxygen atoms in total. The van der Waals surface area contributed by atoms with E-state index in [0.29, 0.717) is 30.4 Å². The van der Waals surface area contributed by atoms with Gasteiger partial charge in [-0.15, -0.1) is 0 Å². The van der Waals surface area contributed by atoms with Crippen molar-refractivity contribution >= 4 is 17.6 Å². The summed E-state index contributed by atoms with van der Waals surface area (Å²) in [4.78, 5) is 12.2. The standard InChI is InChI=1S/C23H24ClNO4/c1-2-3-4-17-14-27-23(28-15-17)18-7-5-16(6-8-18)11-22(26)29-20-10-9-19(13-25)21(24)12-20/h5-10,12,17,23H,2-4,11,14-15H2,1H3. The molecule has 0 aromatic heterocycles. The highest BCUT2D eigenvalue weighted by Gasteiger charge is 2.23. The molecule has 1 aliphatic heterocycles. The second kappa shape index (κ2) is 10.4. The number of esters is 1. The highest BCUT2D eigenvalue weighted by Crippen LogP contribution is 2.27. The third kappa shape index (κ3) is 6.04. The number of ether oxygens (including phenoxy) is 3. The first-order valence-corrected chi connectivity index (χ1v) is 10.2. The molecule has 2 aromatic rings. The van der Waals surface area contributed by atoms with E-state index >= 15 is 0 Å². The van der Waals surface area contributed by atoms with E-state index in [1.54, 1.807) is 6.07 Å². The Balaban J connectivity index is 1.51. The van der Waals surface area contributed by atoms with Crippen LogP contribution in [0.15, 0.2) is 42.5 Å². The summed E-state index contributed by atoms with van der Waals surface area (Å²) in [7, 11) is 0. The van der Waals surface area contributed by atoms with Crippen LogP contribution in [0, 0.1) is 17.2 Å². The maximum Gasteiger partial charge on any atom is 0.315 e. The average Bonchev–Trinajstić information content (AvgIpc) is 2.73. The van der Waals surface area contributed by atoms with Crippen LogP contribution in [-0.4, -0.2) is 19.2 Å². The summed E-state index contributed by atoms with van der Waals surface area (Å²) in [6, 6.07) is 14.1. The second-order valence-corrected chi connectivity index (χ2v) is 7.56. The number of halogens is 1. The SMILES string of the molecule is CCCCC1COC(c2ccc(CC(=O)Oc3ccc(C#N)c(Cl)c3)cc2)OC1. The van der Waals surface area contributed by atoms with Gasteiger partial charge in [-0.2, -0.15) is 5.26 Å². The molecule has 0 unspecified atom stereocenters. The first kappa shape index (κ1) is 21.3. The largest absolute Gasteiger partial charge is 0.426 e. The van der Waals surface area contributed by atoms with Gasteiger partial charge in [-0.25, -0.2) is 0 Å². The minimum absolute atomic E-state index is 0.128. The number of rotatable bonds is 7. The summed E-state index contributed by atoms with van der Waals surface area (Å²) < 4.78 is 17.0. The zero-order valence-corrected chi connectivity index (χ0v) is 17.2. The van der Waals surface area contributed by atoms with Gasteiger partial charge in [0.25, 0.3) is 0 Å². The maximum atomic E-state index is 12.2. The molecule has 0 N–H and O–H groups in total. The van der Waals surface area contributed by atoms with E-state index < -0.39 is 5.97 Å². The number of nitrogens with zero attached hydrogens (tertiary/aromatic N) is 1. The molecule has 0 amide bonds. The van der Waals surface area contributed by atoms with Crippen LogP contribution in [0.25, 0.3) is 0 Å². The molecule has 1 aliphatic rings. The Morgan fingerprint density at radius 1 is 1.21 bits per heavy atom. The van der Waals surface area contributed by atoms with Gasteiger partial charge >= 0.3 is 5.97 Å². The van der Waals surface area contributed by atoms with Crippen molar-refractivity contribution in [2.75, 3.05) is 13.2 Å². The molecule has 29 heavy (non-hydrogen) atoms. The number of nitriles is 1. The third-order valence-corrected chi connectivity index (χ3v) is 5.14. The third-order valence-electron chi connectivity index (χ3n) is 4.83. The molecule has 0 saturated carbocycles. The number of hydrogen-bond donors (Lipinski definition) is 0. The van der Waals surface area contributed by atoms with E-state index in [-0.39, 0.29) is 17.7 Å². The minimum Gasteiger partial charge on any atom is -0.426 e. The van der Waals surface area contributed by atoms with Crippen molar-refractivity contribution in [2.45, 2.75) is 38.9 Å². The van der Waals surface area contributed by atoms with Crippen LogP contribution in [0.3, 0.4) is 0 Å². The zero-order valence-electron chi connectivity index (χ0n) is 16.4. The predicted molar refractivity (Wildman–Crippen MR) is 110 cm³/mol. The van der Waals surface area contributed by atoms with E-state index in [1.807, 2.05) is 30.3 Å². The Kier molecular flexibility index (Phi) is 7.65. The van der Waals surface area contributed by atoms with Crippen LogP contribution >= 0.6 is 11.6 Å². The highest BCUT2D eigenvalue weighted by molar-refractivity contribution is 6.31. The lowest BCUT2D eigenvalue weighted by atomic mass is 10.0. The van der Waals surface area contributed by atoms with E-state index in [9.17, 15) is 4.79 Å². The van der Waals surface area contributed by atoms with Crippen LogP contribution in [0.1, 0.15) is 49.2 Å². The van der Waals surface area contributed by atoms with Crippen molar-refractivity contribution in [2.24, 2.45) is 5.92 Å². The van der Waals surface area contributed by atoms with Gasteiger partial charge in [0.05, 0.1) is 30.2 Å². The summed E-state index contributed by atoms with van der Waals surface area (Å²) in [5.74, 6) is 0.385. The number of carbonyl (C=O) groups excluding carboxylic acids is 1. The monoisotopic (exact) mass is 413 g/mol. The Labute approximate surface area is 176 Å². The topological polar surface area (TPSA) is 68.5 Å². The molecule has 3 rings (SSSR count). The molecule has 152 valence electrons. The van der Waals surface area contributed by atoms with Gasteiger partial charge in [0.2, 0.25) is 0 Å². The molecule has 6 heteroatoms. The van der Waals surface area contributed by atoms with Crippen molar-refractivity contribution in [1.29, 1.82) is 5.26 Å². The highest BCUT2D eigenvalue weighted by atomic mass is 35.5. The lowest BCUT2D eigenvalue weighted by Gasteiger charge is -2.29. The normalized spacial score (nSPS) is 18.8. The van der Waals surface area contributed by atoms with Gasteiger partial charge in [0, 0.05) is 17.5 Å². The molecule has 0 aliphatic carbocycles. The fourth-order valence-corrected chi connectivity index (χ4v) is 3.38. The molecule has 1 saturated heterocycles. The second-order valence-electron chi connectivity index (χ2n) is 7.15. The Morgan fingerprint density at radius 3 is 2.55 bits per heavy atom. The average molecular weight is 414 g/mol. The minimum atomic E-state index is -0.401. The molecule has 0 bridgehead atoms. The molecule has 0 spiro atoms. The number of hydrogen-bond acceptors (Lipinski definition) is 5. The molecular weight excluding hydrogens is 390 g/mol. The lowest BCUT2D eigenvalue weighted by molar-refractivity contribution is -0.206. The molecule has 2 aromatic carbocycles.